The van der Waals surface area contributed by atoms with Crippen LogP contribution in [-0.2, 0) is 4.79 Å². The Bertz CT molecular complexity index is 581. The highest BCUT2D eigenvalue weighted by atomic mass is 16.4. The van der Waals surface area contributed by atoms with Gasteiger partial charge in [-0.05, 0) is 38.5 Å². The van der Waals surface area contributed by atoms with Crippen molar-refractivity contribution < 1.29 is 18.1 Å². The highest BCUT2D eigenvalue weighted by Gasteiger charge is 1.92. The molecule has 126 valence electrons. The summed E-state index contributed by atoms with van der Waals surface area (Å²) >= 11 is 0. The average Bonchev–Trinajstić information content (AvgIpc) is 2.63. The molecule has 0 amide bonds. The minimum absolute atomic E-state index is 0.0234. The lowest BCUT2D eigenvalue weighted by Gasteiger charge is -1.97. The van der Waals surface area contributed by atoms with Crippen molar-refractivity contribution in [2.24, 2.45) is 0 Å². The van der Waals surface area contributed by atoms with Gasteiger partial charge in [-0.15, -0.1) is 0 Å². The lowest BCUT2D eigenvalue weighted by molar-refractivity contribution is -0.137. The topological polar surface area (TPSA) is 37.3 Å². The van der Waals surface area contributed by atoms with Crippen molar-refractivity contribution >= 4 is 5.97 Å². The third kappa shape index (κ3) is 18.7. The van der Waals surface area contributed by atoms with Gasteiger partial charge in [0.25, 0.3) is 0 Å². The smallest absolute Gasteiger partial charge is 0.303 e. The van der Waals surface area contributed by atoms with Crippen LogP contribution in [0, 0.1) is 0 Å². The molecule has 0 saturated carbocycles. The first-order chi connectivity index (χ1) is 13.2. The van der Waals surface area contributed by atoms with Crippen LogP contribution in [0.15, 0.2) is 36.3 Å². The van der Waals surface area contributed by atoms with E-state index in [-0.39, 0.29) is 68.4 Å². The van der Waals surface area contributed by atoms with Crippen molar-refractivity contribution in [2.45, 2.75) is 84.0 Å². The third-order valence-electron chi connectivity index (χ3n) is 3.08. The molecular formula is C20H34O2. The molecule has 0 aliphatic rings. The minimum atomic E-state index is -0.948. The summed E-state index contributed by atoms with van der Waals surface area (Å²) in [6.45, 7) is 2.16. The number of hydrogen-bond acceptors (Lipinski definition) is 1. The minimum Gasteiger partial charge on any atom is -0.481 e. The first-order valence-electron chi connectivity index (χ1n) is 11.4. The maximum absolute atomic E-state index is 10.5. The van der Waals surface area contributed by atoms with E-state index in [0.717, 1.165) is 19.3 Å². The van der Waals surface area contributed by atoms with Gasteiger partial charge in [0.15, 0.2) is 0 Å². The van der Waals surface area contributed by atoms with Gasteiger partial charge in [0.1, 0.15) is 0 Å². The van der Waals surface area contributed by atoms with Gasteiger partial charge >= 0.3 is 5.97 Å². The summed E-state index contributed by atoms with van der Waals surface area (Å²) in [7, 11) is 0. The van der Waals surface area contributed by atoms with Gasteiger partial charge in [0.2, 0.25) is 0 Å². The van der Waals surface area contributed by atoms with Crippen LogP contribution in [0.3, 0.4) is 0 Å². The van der Waals surface area contributed by atoms with Crippen molar-refractivity contribution in [3.05, 3.63) is 36.3 Å². The van der Waals surface area contributed by atoms with Crippen LogP contribution < -0.4 is 0 Å². The molecule has 0 rings (SSSR count). The fraction of sp³-hybridized carbons (Fsp3) is 0.650. The summed E-state index contributed by atoms with van der Waals surface area (Å²) in [4.78, 5) is 10.5. The molecule has 2 heteroatoms. The van der Waals surface area contributed by atoms with E-state index in [4.69, 9.17) is 13.3 Å². The van der Waals surface area contributed by atoms with Gasteiger partial charge in [-0.3, -0.25) is 4.79 Å². The molecule has 0 aliphatic heterocycles. The third-order valence-corrected chi connectivity index (χ3v) is 3.08. The van der Waals surface area contributed by atoms with Crippen molar-refractivity contribution in [1.29, 1.82) is 0 Å². The largest absolute Gasteiger partial charge is 0.481 e. The molecule has 0 spiro atoms. The Morgan fingerprint density at radius 2 is 1.32 bits per heavy atom. The molecule has 0 bridgehead atoms. The zero-order valence-corrected chi connectivity index (χ0v) is 13.8. The molecule has 0 fully saturated rings. The summed E-state index contributed by atoms with van der Waals surface area (Å²) in [6, 6.07) is -0.139. The standard InChI is InChI=1S/C20H34O2/c1-2-3-4-5-6-7-8-9-10-11-12-13-14-15-16-17-18-19-20(21)22/h9-10,12-13,15-16H,2-8,11,14,17-19H2,1H3,(H,21,22)/b10-9-,13-12-,16-15-/i9D,10D,12D,13D,15D,16D. The van der Waals surface area contributed by atoms with E-state index in [1.807, 2.05) is 0 Å². The zero-order chi connectivity index (χ0) is 21.5. The second-order valence-corrected chi connectivity index (χ2v) is 5.18. The van der Waals surface area contributed by atoms with Gasteiger partial charge in [-0.2, -0.15) is 0 Å². The Hall–Kier alpha value is -1.31. The number of carboxylic acids is 1. The predicted octanol–water partition coefficient (Wildman–Crippen LogP) is 6.44. The molecule has 0 aromatic heterocycles. The number of allylic oxidation sites excluding steroid dienone is 6. The maximum Gasteiger partial charge on any atom is 0.303 e. The number of hydrogen-bond donors (Lipinski definition) is 1. The highest BCUT2D eigenvalue weighted by molar-refractivity contribution is 5.66. The van der Waals surface area contributed by atoms with Gasteiger partial charge in [-0.1, -0.05) is 75.3 Å². The number of rotatable bonds is 15. The van der Waals surface area contributed by atoms with Crippen LogP contribution >= 0.6 is 0 Å². The molecule has 0 heterocycles. The van der Waals surface area contributed by atoms with Crippen LogP contribution in [0.5, 0.6) is 0 Å². The van der Waals surface area contributed by atoms with Gasteiger partial charge < -0.3 is 5.11 Å². The normalized spacial score (nSPS) is 18.6. The Balaban J connectivity index is 4.58. The molecule has 1 N–H and O–H groups in total. The molecule has 0 unspecified atom stereocenters. The monoisotopic (exact) mass is 312 g/mol. The number of carbonyl (C=O) groups is 1. The number of carboxylic acid groups (broad SMARTS) is 1. The first kappa shape index (κ1) is 12.2. The van der Waals surface area contributed by atoms with E-state index in [0.29, 0.717) is 6.42 Å². The Morgan fingerprint density at radius 1 is 0.818 bits per heavy atom. The molecule has 22 heavy (non-hydrogen) atoms. The maximum atomic E-state index is 10.5. The quantitative estimate of drug-likeness (QED) is 0.279. The molecule has 0 atom stereocenters. The lowest BCUT2D eigenvalue weighted by atomic mass is 10.1. The molecule has 0 saturated heterocycles. The van der Waals surface area contributed by atoms with E-state index in [9.17, 15) is 4.79 Å². The molecular weight excluding hydrogens is 272 g/mol. The van der Waals surface area contributed by atoms with Crippen LogP contribution in [0.1, 0.15) is 92.2 Å². The van der Waals surface area contributed by atoms with Crippen LogP contribution in [0.4, 0.5) is 0 Å². The van der Waals surface area contributed by atoms with Gasteiger partial charge in [0.05, 0.1) is 8.22 Å². The van der Waals surface area contributed by atoms with Crippen LogP contribution in [0.2, 0.25) is 0 Å². The highest BCUT2D eigenvalue weighted by Crippen LogP contribution is 2.07. The summed E-state index contributed by atoms with van der Waals surface area (Å²) in [6.07, 6.45) is 7.21. The Kier molecular flexibility index (Phi) is 9.80. The summed E-state index contributed by atoms with van der Waals surface area (Å²) < 4.78 is 47.3. The fourth-order valence-electron chi connectivity index (χ4n) is 1.84. The number of unbranched alkanes of at least 4 members (excludes halogenated alkanes) is 5. The summed E-state index contributed by atoms with van der Waals surface area (Å²) in [5, 5.41) is 8.59. The Morgan fingerprint density at radius 3 is 1.91 bits per heavy atom. The van der Waals surface area contributed by atoms with Gasteiger partial charge in [0, 0.05) is 6.42 Å². The molecule has 0 aliphatic carbocycles. The van der Waals surface area contributed by atoms with Crippen LogP contribution in [0.25, 0.3) is 0 Å². The predicted molar refractivity (Wildman–Crippen MR) is 96.1 cm³/mol. The summed E-state index contributed by atoms with van der Waals surface area (Å²) in [5.41, 5.74) is 0. The van der Waals surface area contributed by atoms with E-state index < -0.39 is 5.97 Å². The van der Waals surface area contributed by atoms with Gasteiger partial charge in [-0.25, -0.2) is 0 Å². The molecule has 0 radical (unpaired) electrons. The second kappa shape index (κ2) is 17.7. The molecule has 0 aromatic carbocycles. The Labute approximate surface area is 145 Å². The zero-order valence-electron chi connectivity index (χ0n) is 19.8. The molecule has 2 nitrogen and oxygen atoms in total. The van der Waals surface area contributed by atoms with Crippen molar-refractivity contribution in [3.63, 3.8) is 0 Å². The van der Waals surface area contributed by atoms with Crippen LogP contribution in [-0.4, -0.2) is 11.1 Å². The number of aliphatic carboxylic acids is 1. The van der Waals surface area contributed by atoms with Crippen molar-refractivity contribution in [2.75, 3.05) is 0 Å². The first-order valence-corrected chi connectivity index (χ1v) is 8.36. The SMILES string of the molecule is [2H]/C(CCCCCCCC)=C(\[2H])C/C([2H])=C(/[2H])C/C([2H])=C(/[2H])CCCC(=O)O. The van der Waals surface area contributed by atoms with E-state index in [1.54, 1.807) is 0 Å². The average molecular weight is 313 g/mol. The second-order valence-electron chi connectivity index (χ2n) is 5.18. The lowest BCUT2D eigenvalue weighted by Crippen LogP contribution is -1.92. The van der Waals surface area contributed by atoms with E-state index >= 15 is 0 Å². The fourth-order valence-corrected chi connectivity index (χ4v) is 1.84. The summed E-state index contributed by atoms with van der Waals surface area (Å²) in [5.74, 6) is -0.948. The van der Waals surface area contributed by atoms with Crippen molar-refractivity contribution in [1.82, 2.24) is 0 Å². The van der Waals surface area contributed by atoms with E-state index in [1.165, 1.54) is 19.3 Å². The molecule has 0 aromatic rings. The van der Waals surface area contributed by atoms with Crippen molar-refractivity contribution in [3.8, 4) is 0 Å². The van der Waals surface area contributed by atoms with E-state index in [2.05, 4.69) is 6.92 Å².